The highest BCUT2D eigenvalue weighted by molar-refractivity contribution is 5.89. The number of nitrogens with one attached hydrogen (secondary N) is 1. The Morgan fingerprint density at radius 2 is 1.96 bits per heavy atom. The molecular formula is C19H21FN4O. The highest BCUT2D eigenvalue weighted by atomic mass is 19.1. The maximum Gasteiger partial charge on any atom is 0.149 e. The Hall–Kier alpha value is -2.73. The van der Waals surface area contributed by atoms with Crippen LogP contribution >= 0.6 is 0 Å². The second-order valence-electron chi connectivity index (χ2n) is 6.00. The summed E-state index contributed by atoms with van der Waals surface area (Å²) in [6, 6.07) is 13.0. The monoisotopic (exact) mass is 340 g/mol. The smallest absolute Gasteiger partial charge is 0.149 e. The number of methoxy groups -OCH3 is 1. The minimum Gasteiger partial charge on any atom is -0.497 e. The van der Waals surface area contributed by atoms with Gasteiger partial charge in [0.05, 0.1) is 13.2 Å². The summed E-state index contributed by atoms with van der Waals surface area (Å²) in [5, 5.41) is 4.00. The number of benzene rings is 2. The van der Waals surface area contributed by atoms with E-state index < -0.39 is 0 Å². The Kier molecular flexibility index (Phi) is 5.09. The van der Waals surface area contributed by atoms with Crippen molar-refractivity contribution in [1.82, 2.24) is 14.9 Å². The van der Waals surface area contributed by atoms with E-state index in [9.17, 15) is 4.39 Å². The number of anilines is 1. The molecule has 3 rings (SSSR count). The molecule has 0 amide bonds. The minimum atomic E-state index is -0.347. The lowest BCUT2D eigenvalue weighted by atomic mass is 10.1. The van der Waals surface area contributed by atoms with Gasteiger partial charge in [-0.1, -0.05) is 18.2 Å². The molecule has 0 saturated heterocycles. The third-order valence-corrected chi connectivity index (χ3v) is 4.18. The molecule has 0 aliphatic rings. The van der Waals surface area contributed by atoms with Crippen molar-refractivity contribution in [1.29, 1.82) is 0 Å². The summed E-state index contributed by atoms with van der Waals surface area (Å²) >= 11 is 0. The van der Waals surface area contributed by atoms with E-state index in [2.05, 4.69) is 26.3 Å². The molecule has 0 aliphatic heterocycles. The van der Waals surface area contributed by atoms with Crippen molar-refractivity contribution >= 4 is 16.7 Å². The Morgan fingerprint density at radius 1 is 1.16 bits per heavy atom. The Balaban J connectivity index is 1.86. The summed E-state index contributed by atoms with van der Waals surface area (Å²) in [6.45, 7) is 0.614. The van der Waals surface area contributed by atoms with Crippen molar-refractivity contribution in [3.63, 3.8) is 0 Å². The molecular weight excluding hydrogens is 319 g/mol. The third-order valence-electron chi connectivity index (χ3n) is 4.18. The molecule has 1 N–H and O–H groups in total. The van der Waals surface area contributed by atoms with Gasteiger partial charge in [-0.15, -0.1) is 0 Å². The number of aromatic nitrogens is 2. The van der Waals surface area contributed by atoms with E-state index in [0.29, 0.717) is 23.3 Å². The van der Waals surface area contributed by atoms with Crippen LogP contribution in [0.1, 0.15) is 11.6 Å². The predicted molar refractivity (Wildman–Crippen MR) is 97.4 cm³/mol. The van der Waals surface area contributed by atoms with Crippen molar-refractivity contribution in [2.45, 2.75) is 6.04 Å². The summed E-state index contributed by atoms with van der Waals surface area (Å²) in [4.78, 5) is 10.4. The van der Waals surface area contributed by atoms with Gasteiger partial charge in [-0.3, -0.25) is 0 Å². The number of fused-ring (bicyclic) bond motifs is 1. The van der Waals surface area contributed by atoms with Gasteiger partial charge in [0.2, 0.25) is 0 Å². The molecule has 0 radical (unpaired) electrons. The fourth-order valence-electron chi connectivity index (χ4n) is 2.83. The molecule has 0 fully saturated rings. The lowest BCUT2D eigenvalue weighted by Gasteiger charge is -2.26. The summed E-state index contributed by atoms with van der Waals surface area (Å²) in [5.41, 5.74) is 1.45. The maximum atomic E-state index is 13.9. The quantitative estimate of drug-likeness (QED) is 0.744. The third kappa shape index (κ3) is 3.69. The van der Waals surface area contributed by atoms with Crippen LogP contribution < -0.4 is 10.1 Å². The summed E-state index contributed by atoms with van der Waals surface area (Å²) in [7, 11) is 5.69. The van der Waals surface area contributed by atoms with E-state index in [4.69, 9.17) is 4.74 Å². The van der Waals surface area contributed by atoms with Gasteiger partial charge in [0.1, 0.15) is 29.2 Å². The Labute approximate surface area is 146 Å². The minimum absolute atomic E-state index is 0.105. The van der Waals surface area contributed by atoms with Crippen LogP contribution in [0, 0.1) is 5.82 Å². The summed E-state index contributed by atoms with van der Waals surface area (Å²) in [5.74, 6) is 1.10. The number of para-hydroxylation sites is 1. The summed E-state index contributed by atoms with van der Waals surface area (Å²) in [6.07, 6.45) is 1.38. The maximum absolute atomic E-state index is 13.9. The molecule has 1 aromatic heterocycles. The first kappa shape index (κ1) is 17.1. The lowest BCUT2D eigenvalue weighted by molar-refractivity contribution is 0.310. The summed E-state index contributed by atoms with van der Waals surface area (Å²) < 4.78 is 19.2. The molecule has 3 aromatic rings. The van der Waals surface area contributed by atoms with Crippen LogP contribution in [0.3, 0.4) is 0 Å². The number of halogens is 1. The van der Waals surface area contributed by atoms with Crippen molar-refractivity contribution in [2.24, 2.45) is 0 Å². The number of ether oxygens (including phenoxy) is 1. The average Bonchev–Trinajstić information content (AvgIpc) is 2.62. The van der Waals surface area contributed by atoms with Crippen LogP contribution in [0.4, 0.5) is 10.2 Å². The van der Waals surface area contributed by atoms with Crippen LogP contribution in [0.15, 0.2) is 48.8 Å². The molecule has 5 nitrogen and oxygen atoms in total. The number of rotatable bonds is 6. The van der Waals surface area contributed by atoms with Gasteiger partial charge < -0.3 is 15.0 Å². The first-order chi connectivity index (χ1) is 12.1. The van der Waals surface area contributed by atoms with Gasteiger partial charge in [0.15, 0.2) is 0 Å². The van der Waals surface area contributed by atoms with Gasteiger partial charge in [0, 0.05) is 11.9 Å². The van der Waals surface area contributed by atoms with E-state index in [-0.39, 0.29) is 11.9 Å². The SMILES string of the molecule is COc1cccc(C(CNc2ncnc3c(F)cccc23)N(C)C)c1. The molecule has 0 aliphatic carbocycles. The molecule has 25 heavy (non-hydrogen) atoms. The van der Waals surface area contributed by atoms with Gasteiger partial charge >= 0.3 is 0 Å². The topological polar surface area (TPSA) is 50.3 Å². The molecule has 2 aromatic carbocycles. The molecule has 0 saturated carbocycles. The molecule has 130 valence electrons. The van der Waals surface area contributed by atoms with Crippen molar-refractivity contribution in [2.75, 3.05) is 33.1 Å². The van der Waals surface area contributed by atoms with Gasteiger partial charge in [-0.25, -0.2) is 14.4 Å². The standard InChI is InChI=1S/C19H21FN4O/c1-24(2)17(13-6-4-7-14(10-13)25-3)11-21-19-15-8-5-9-16(20)18(15)22-12-23-19/h4-10,12,17H,11H2,1-3H3,(H,21,22,23). The van der Waals surface area contributed by atoms with E-state index in [1.807, 2.05) is 38.4 Å². The van der Waals surface area contributed by atoms with Crippen LogP contribution in [0.5, 0.6) is 5.75 Å². The molecule has 0 bridgehead atoms. The second-order valence-corrected chi connectivity index (χ2v) is 6.00. The number of likely N-dealkylation sites (N-methyl/N-ethyl adjacent to an activating group) is 1. The van der Waals surface area contributed by atoms with Gasteiger partial charge in [-0.05, 0) is 43.9 Å². The number of hydrogen-bond acceptors (Lipinski definition) is 5. The van der Waals surface area contributed by atoms with E-state index >= 15 is 0 Å². The second kappa shape index (κ2) is 7.44. The zero-order valence-electron chi connectivity index (χ0n) is 14.5. The van der Waals surface area contributed by atoms with Crippen LogP contribution in [-0.4, -0.2) is 42.6 Å². The number of nitrogens with zero attached hydrogens (tertiary/aromatic N) is 3. The van der Waals surface area contributed by atoms with E-state index in [0.717, 1.165) is 11.3 Å². The molecule has 1 heterocycles. The van der Waals surface area contributed by atoms with Gasteiger partial charge in [0.25, 0.3) is 0 Å². The van der Waals surface area contributed by atoms with Crippen molar-refractivity contribution in [3.05, 3.63) is 60.2 Å². The first-order valence-electron chi connectivity index (χ1n) is 8.03. The fraction of sp³-hybridized carbons (Fsp3) is 0.263. The normalized spacial score (nSPS) is 12.4. The zero-order valence-corrected chi connectivity index (χ0v) is 14.5. The van der Waals surface area contributed by atoms with Crippen molar-refractivity contribution < 1.29 is 9.13 Å². The predicted octanol–water partition coefficient (Wildman–Crippen LogP) is 3.49. The van der Waals surface area contributed by atoms with Crippen molar-refractivity contribution in [3.8, 4) is 5.75 Å². The molecule has 1 unspecified atom stereocenters. The largest absolute Gasteiger partial charge is 0.497 e. The molecule has 6 heteroatoms. The van der Waals surface area contributed by atoms with E-state index in [1.165, 1.54) is 12.4 Å². The Morgan fingerprint density at radius 3 is 2.72 bits per heavy atom. The highest BCUT2D eigenvalue weighted by Gasteiger charge is 2.16. The molecule has 0 spiro atoms. The van der Waals surface area contributed by atoms with Crippen LogP contribution in [-0.2, 0) is 0 Å². The molecule has 1 atom stereocenters. The van der Waals surface area contributed by atoms with E-state index in [1.54, 1.807) is 13.2 Å². The number of hydrogen-bond donors (Lipinski definition) is 1. The zero-order chi connectivity index (χ0) is 17.8. The first-order valence-corrected chi connectivity index (χ1v) is 8.03. The van der Waals surface area contributed by atoms with Gasteiger partial charge in [-0.2, -0.15) is 0 Å². The Bertz CT molecular complexity index is 869. The average molecular weight is 340 g/mol. The highest BCUT2D eigenvalue weighted by Crippen LogP contribution is 2.25. The van der Waals surface area contributed by atoms with Crippen LogP contribution in [0.25, 0.3) is 10.9 Å². The lowest BCUT2D eigenvalue weighted by Crippen LogP contribution is -2.27. The fourth-order valence-corrected chi connectivity index (χ4v) is 2.83. The van der Waals surface area contributed by atoms with Crippen LogP contribution in [0.2, 0.25) is 0 Å².